The molecule has 1 heteroatoms. The first-order chi connectivity index (χ1) is 9.00. The van der Waals surface area contributed by atoms with Gasteiger partial charge in [0.25, 0.3) is 0 Å². The molecule has 19 heavy (non-hydrogen) atoms. The molecule has 1 atom stereocenters. The van der Waals surface area contributed by atoms with Crippen LogP contribution in [0.15, 0.2) is 24.3 Å². The number of unbranched alkanes of at least 4 members (excludes halogenated alkanes) is 2. The zero-order valence-corrected chi connectivity index (χ0v) is 12.9. The molecular formula is C18H26O. The summed E-state index contributed by atoms with van der Waals surface area (Å²) in [7, 11) is 1.78. The normalized spacial score (nSPS) is 12.7. The van der Waals surface area contributed by atoms with Crippen molar-refractivity contribution in [1.29, 1.82) is 0 Å². The van der Waals surface area contributed by atoms with Gasteiger partial charge >= 0.3 is 0 Å². The largest absolute Gasteiger partial charge is 0.376 e. The van der Waals surface area contributed by atoms with Gasteiger partial charge in [-0.05, 0) is 23.5 Å². The number of hydrogen-bond acceptors (Lipinski definition) is 1. The van der Waals surface area contributed by atoms with Crippen molar-refractivity contribution >= 4 is 0 Å². The van der Waals surface area contributed by atoms with Gasteiger partial charge in [-0.2, -0.15) is 0 Å². The van der Waals surface area contributed by atoms with Gasteiger partial charge in [0.2, 0.25) is 0 Å². The Hall–Kier alpha value is -1.26. The molecule has 0 spiro atoms. The Morgan fingerprint density at radius 3 is 2.47 bits per heavy atom. The third kappa shape index (κ3) is 4.73. The molecule has 0 aliphatic rings. The molecular weight excluding hydrogens is 232 g/mol. The molecule has 0 radical (unpaired) electrons. The SMILES string of the molecule is CCCCC#Cc1ccccc1C(OC)C(C)(C)C. The van der Waals surface area contributed by atoms with Crippen LogP contribution < -0.4 is 0 Å². The summed E-state index contributed by atoms with van der Waals surface area (Å²) < 4.78 is 5.70. The molecule has 0 aromatic heterocycles. The van der Waals surface area contributed by atoms with E-state index < -0.39 is 0 Å². The molecule has 1 rings (SSSR count). The highest BCUT2D eigenvalue weighted by molar-refractivity contribution is 5.43. The highest BCUT2D eigenvalue weighted by Gasteiger charge is 2.27. The summed E-state index contributed by atoms with van der Waals surface area (Å²) in [4.78, 5) is 0. The molecule has 1 aromatic carbocycles. The van der Waals surface area contributed by atoms with Crippen molar-refractivity contribution in [2.45, 2.75) is 53.1 Å². The van der Waals surface area contributed by atoms with Crippen LogP contribution in [0.4, 0.5) is 0 Å². The minimum absolute atomic E-state index is 0.0654. The maximum absolute atomic E-state index is 5.70. The Morgan fingerprint density at radius 2 is 1.89 bits per heavy atom. The molecule has 0 bridgehead atoms. The topological polar surface area (TPSA) is 9.23 Å². The highest BCUT2D eigenvalue weighted by Crippen LogP contribution is 2.36. The Balaban J connectivity index is 3.03. The second-order valence-electron chi connectivity index (χ2n) is 5.97. The number of rotatable bonds is 4. The van der Waals surface area contributed by atoms with E-state index in [1.165, 1.54) is 18.4 Å². The fraction of sp³-hybridized carbons (Fsp3) is 0.556. The van der Waals surface area contributed by atoms with Crippen molar-refractivity contribution < 1.29 is 4.74 Å². The van der Waals surface area contributed by atoms with Crippen LogP contribution in [-0.4, -0.2) is 7.11 Å². The first-order valence-corrected chi connectivity index (χ1v) is 7.11. The minimum atomic E-state index is 0.0654. The number of hydrogen-bond donors (Lipinski definition) is 0. The van der Waals surface area contributed by atoms with Crippen LogP contribution in [0, 0.1) is 17.3 Å². The van der Waals surface area contributed by atoms with E-state index in [2.05, 4.69) is 57.7 Å². The average molecular weight is 258 g/mol. The van der Waals surface area contributed by atoms with Crippen molar-refractivity contribution in [3.63, 3.8) is 0 Å². The predicted octanol–water partition coefficient (Wildman–Crippen LogP) is 4.96. The molecule has 1 unspecified atom stereocenters. The van der Waals surface area contributed by atoms with Crippen molar-refractivity contribution in [3.05, 3.63) is 35.4 Å². The summed E-state index contributed by atoms with van der Waals surface area (Å²) in [5, 5.41) is 0. The Kier molecular flexibility index (Phi) is 6.12. The summed E-state index contributed by atoms with van der Waals surface area (Å²) in [6, 6.07) is 8.32. The van der Waals surface area contributed by atoms with E-state index in [4.69, 9.17) is 4.74 Å². The van der Waals surface area contributed by atoms with Crippen molar-refractivity contribution in [3.8, 4) is 11.8 Å². The summed E-state index contributed by atoms with van der Waals surface area (Å²) in [6.07, 6.45) is 3.41. The van der Waals surface area contributed by atoms with Crippen LogP contribution in [0.3, 0.4) is 0 Å². The molecule has 1 nitrogen and oxygen atoms in total. The lowest BCUT2D eigenvalue weighted by atomic mass is 9.83. The van der Waals surface area contributed by atoms with Gasteiger partial charge in [-0.15, -0.1) is 0 Å². The average Bonchev–Trinajstić information content (AvgIpc) is 2.35. The second-order valence-corrected chi connectivity index (χ2v) is 5.97. The zero-order valence-electron chi connectivity index (χ0n) is 12.9. The molecule has 104 valence electrons. The molecule has 0 saturated carbocycles. The molecule has 0 aliphatic heterocycles. The van der Waals surface area contributed by atoms with Crippen molar-refractivity contribution in [1.82, 2.24) is 0 Å². The molecule has 0 saturated heterocycles. The predicted molar refractivity (Wildman–Crippen MR) is 82.1 cm³/mol. The summed E-state index contributed by atoms with van der Waals surface area (Å²) in [6.45, 7) is 8.78. The van der Waals surface area contributed by atoms with Crippen molar-refractivity contribution in [2.24, 2.45) is 5.41 Å². The van der Waals surface area contributed by atoms with Gasteiger partial charge in [0.15, 0.2) is 0 Å². The van der Waals surface area contributed by atoms with Gasteiger partial charge in [-0.1, -0.05) is 64.2 Å². The monoisotopic (exact) mass is 258 g/mol. The maximum Gasteiger partial charge on any atom is 0.0881 e. The maximum atomic E-state index is 5.70. The minimum Gasteiger partial charge on any atom is -0.376 e. The van der Waals surface area contributed by atoms with Gasteiger partial charge in [0.1, 0.15) is 0 Å². The standard InChI is InChI=1S/C18H26O/c1-6-7-8-9-12-15-13-10-11-14-16(15)17(19-5)18(2,3)4/h10-11,13-14,17H,6-8H2,1-5H3. The van der Waals surface area contributed by atoms with E-state index in [0.29, 0.717) is 0 Å². The lowest BCUT2D eigenvalue weighted by Gasteiger charge is -2.30. The van der Waals surface area contributed by atoms with Crippen molar-refractivity contribution in [2.75, 3.05) is 7.11 Å². The Bertz CT molecular complexity index is 443. The summed E-state index contributed by atoms with van der Waals surface area (Å²) in [5.74, 6) is 6.57. The van der Waals surface area contributed by atoms with Crippen LogP contribution >= 0.6 is 0 Å². The van der Waals surface area contributed by atoms with E-state index >= 15 is 0 Å². The van der Waals surface area contributed by atoms with E-state index in [1.54, 1.807) is 7.11 Å². The fourth-order valence-corrected chi connectivity index (χ4v) is 2.21. The molecule has 1 aromatic rings. The molecule has 0 aliphatic carbocycles. The van der Waals surface area contributed by atoms with Crippen LogP contribution in [0.5, 0.6) is 0 Å². The second kappa shape index (κ2) is 7.36. The lowest BCUT2D eigenvalue weighted by Crippen LogP contribution is -2.21. The summed E-state index contributed by atoms with van der Waals surface area (Å²) >= 11 is 0. The Labute approximate surface area is 118 Å². The number of methoxy groups -OCH3 is 1. The number of benzene rings is 1. The number of ether oxygens (including phenoxy) is 1. The Morgan fingerprint density at radius 1 is 1.21 bits per heavy atom. The third-order valence-electron chi connectivity index (χ3n) is 3.14. The first kappa shape index (κ1) is 15.8. The first-order valence-electron chi connectivity index (χ1n) is 7.11. The quantitative estimate of drug-likeness (QED) is 0.548. The van der Waals surface area contributed by atoms with Gasteiger partial charge in [-0.25, -0.2) is 0 Å². The fourth-order valence-electron chi connectivity index (χ4n) is 2.21. The molecule has 0 amide bonds. The summed E-state index contributed by atoms with van der Waals surface area (Å²) in [5.41, 5.74) is 2.36. The third-order valence-corrected chi connectivity index (χ3v) is 3.14. The van der Waals surface area contributed by atoms with E-state index in [9.17, 15) is 0 Å². The van der Waals surface area contributed by atoms with E-state index in [1.807, 2.05) is 6.07 Å². The van der Waals surface area contributed by atoms with Crippen LogP contribution in [0.25, 0.3) is 0 Å². The van der Waals surface area contributed by atoms with E-state index in [0.717, 1.165) is 12.0 Å². The molecule has 0 fully saturated rings. The zero-order chi connectivity index (χ0) is 14.3. The van der Waals surface area contributed by atoms with Gasteiger partial charge in [0.05, 0.1) is 6.10 Å². The van der Waals surface area contributed by atoms with Gasteiger partial charge < -0.3 is 4.74 Å². The smallest absolute Gasteiger partial charge is 0.0881 e. The van der Waals surface area contributed by atoms with Crippen LogP contribution in [0.1, 0.15) is 64.2 Å². The van der Waals surface area contributed by atoms with Crippen LogP contribution in [-0.2, 0) is 4.74 Å². The van der Waals surface area contributed by atoms with Crippen LogP contribution in [0.2, 0.25) is 0 Å². The van der Waals surface area contributed by atoms with Gasteiger partial charge in [-0.3, -0.25) is 0 Å². The highest BCUT2D eigenvalue weighted by atomic mass is 16.5. The lowest BCUT2D eigenvalue weighted by molar-refractivity contribution is 0.0150. The molecule has 0 N–H and O–H groups in total. The van der Waals surface area contributed by atoms with E-state index in [-0.39, 0.29) is 11.5 Å². The van der Waals surface area contributed by atoms with Gasteiger partial charge in [0, 0.05) is 19.1 Å². The molecule has 0 heterocycles.